The Balaban J connectivity index is 2.68. The van der Waals surface area contributed by atoms with Crippen LogP contribution < -0.4 is 22.3 Å². The molecule has 0 aliphatic heterocycles. The Hall–Kier alpha value is -2.09. The van der Waals surface area contributed by atoms with Gasteiger partial charge in [-0.25, -0.2) is 9.78 Å². The highest BCUT2D eigenvalue weighted by atomic mass is 16.2. The van der Waals surface area contributed by atoms with Crippen LogP contribution in [0.3, 0.4) is 0 Å². The van der Waals surface area contributed by atoms with Gasteiger partial charge in [0.15, 0.2) is 11.2 Å². The Morgan fingerprint density at radius 1 is 1.25 bits per heavy atom. The molecule has 8 nitrogen and oxygen atoms in total. The SMILES string of the molecule is CCn1c(NCCCN)nc2c(=O)n(C)c(=O)n(C)c21. The largest absolute Gasteiger partial charge is 0.356 e. The first kappa shape index (κ1) is 14.3. The van der Waals surface area contributed by atoms with Gasteiger partial charge in [0.25, 0.3) is 5.56 Å². The Labute approximate surface area is 115 Å². The van der Waals surface area contributed by atoms with Crippen LogP contribution in [0.25, 0.3) is 11.2 Å². The Morgan fingerprint density at radius 2 is 1.95 bits per heavy atom. The number of imidazole rings is 1. The minimum atomic E-state index is -0.378. The van der Waals surface area contributed by atoms with Crippen molar-refractivity contribution >= 4 is 17.1 Å². The first-order valence-corrected chi connectivity index (χ1v) is 6.63. The zero-order chi connectivity index (χ0) is 14.9. The van der Waals surface area contributed by atoms with Crippen molar-refractivity contribution in [2.24, 2.45) is 19.8 Å². The van der Waals surface area contributed by atoms with E-state index in [9.17, 15) is 9.59 Å². The lowest BCUT2D eigenvalue weighted by Gasteiger charge is -2.09. The average Bonchev–Trinajstić information content (AvgIpc) is 2.82. The molecule has 2 rings (SSSR count). The van der Waals surface area contributed by atoms with Gasteiger partial charge >= 0.3 is 5.69 Å². The van der Waals surface area contributed by atoms with Gasteiger partial charge in [0, 0.05) is 27.2 Å². The van der Waals surface area contributed by atoms with Crippen LogP contribution in [0.4, 0.5) is 5.95 Å². The number of aryl methyl sites for hydroxylation is 2. The van der Waals surface area contributed by atoms with Gasteiger partial charge < -0.3 is 11.1 Å². The lowest BCUT2D eigenvalue weighted by molar-refractivity contribution is 0.682. The predicted octanol–water partition coefficient (Wildman–Crippen LogP) is -0.786. The number of anilines is 1. The molecule has 0 aromatic carbocycles. The van der Waals surface area contributed by atoms with E-state index in [4.69, 9.17) is 5.73 Å². The normalized spacial score (nSPS) is 11.2. The van der Waals surface area contributed by atoms with Crippen LogP contribution >= 0.6 is 0 Å². The topological polar surface area (TPSA) is 99.9 Å². The molecular formula is C12H20N6O2. The summed E-state index contributed by atoms with van der Waals surface area (Å²) >= 11 is 0. The maximum absolute atomic E-state index is 12.1. The summed E-state index contributed by atoms with van der Waals surface area (Å²) in [6.45, 7) is 3.81. The van der Waals surface area contributed by atoms with E-state index in [2.05, 4.69) is 10.3 Å². The number of fused-ring (bicyclic) bond motifs is 1. The van der Waals surface area contributed by atoms with Crippen LogP contribution in [-0.2, 0) is 20.6 Å². The van der Waals surface area contributed by atoms with Crippen LogP contribution in [0.2, 0.25) is 0 Å². The molecule has 0 radical (unpaired) electrons. The van der Waals surface area contributed by atoms with Crippen LogP contribution in [-0.4, -0.2) is 31.8 Å². The van der Waals surface area contributed by atoms with Gasteiger partial charge in [0.05, 0.1) is 0 Å². The third-order valence-electron chi connectivity index (χ3n) is 3.32. The molecule has 2 heterocycles. The molecular weight excluding hydrogens is 260 g/mol. The van der Waals surface area contributed by atoms with Crippen LogP contribution in [0, 0.1) is 0 Å². The van der Waals surface area contributed by atoms with Gasteiger partial charge in [0.2, 0.25) is 5.95 Å². The average molecular weight is 280 g/mol. The lowest BCUT2D eigenvalue weighted by atomic mass is 10.4. The minimum absolute atomic E-state index is 0.298. The Morgan fingerprint density at radius 3 is 2.55 bits per heavy atom. The third kappa shape index (κ3) is 2.11. The summed E-state index contributed by atoms with van der Waals surface area (Å²) in [5.74, 6) is 0.592. The summed E-state index contributed by atoms with van der Waals surface area (Å²) in [5.41, 5.74) is 5.56. The van der Waals surface area contributed by atoms with Gasteiger partial charge in [-0.15, -0.1) is 0 Å². The van der Waals surface area contributed by atoms with E-state index in [1.54, 1.807) is 7.05 Å². The Kier molecular flexibility index (Phi) is 3.93. The summed E-state index contributed by atoms with van der Waals surface area (Å²) in [7, 11) is 3.10. The highest BCUT2D eigenvalue weighted by Crippen LogP contribution is 2.15. The van der Waals surface area contributed by atoms with Crippen LogP contribution in [0.15, 0.2) is 9.59 Å². The smallest absolute Gasteiger partial charge is 0.332 e. The molecule has 2 aromatic heterocycles. The maximum atomic E-state index is 12.1. The number of rotatable bonds is 5. The first-order valence-electron chi connectivity index (χ1n) is 6.63. The number of nitrogens with zero attached hydrogens (tertiary/aromatic N) is 4. The molecule has 0 aliphatic carbocycles. The molecule has 0 unspecified atom stereocenters. The quantitative estimate of drug-likeness (QED) is 0.699. The second kappa shape index (κ2) is 5.49. The maximum Gasteiger partial charge on any atom is 0.332 e. The number of nitrogens with two attached hydrogens (primary N) is 1. The van der Waals surface area contributed by atoms with E-state index in [1.807, 2.05) is 11.5 Å². The molecule has 8 heteroatoms. The van der Waals surface area contributed by atoms with Crippen molar-refractivity contribution in [3.63, 3.8) is 0 Å². The zero-order valence-electron chi connectivity index (χ0n) is 12.0. The van der Waals surface area contributed by atoms with Crippen molar-refractivity contribution in [2.75, 3.05) is 18.4 Å². The van der Waals surface area contributed by atoms with Crippen molar-refractivity contribution in [1.29, 1.82) is 0 Å². The van der Waals surface area contributed by atoms with E-state index in [0.717, 1.165) is 11.0 Å². The molecule has 0 saturated heterocycles. The minimum Gasteiger partial charge on any atom is -0.356 e. The zero-order valence-corrected chi connectivity index (χ0v) is 12.0. The van der Waals surface area contributed by atoms with Gasteiger partial charge in [-0.05, 0) is 19.9 Å². The molecule has 0 bridgehead atoms. The predicted molar refractivity (Wildman–Crippen MR) is 78.1 cm³/mol. The van der Waals surface area contributed by atoms with Gasteiger partial charge in [0.1, 0.15) is 0 Å². The molecule has 0 amide bonds. The number of nitrogens with one attached hydrogen (secondary N) is 1. The highest BCUT2D eigenvalue weighted by molar-refractivity contribution is 5.74. The van der Waals surface area contributed by atoms with Gasteiger partial charge in [-0.1, -0.05) is 0 Å². The summed E-state index contributed by atoms with van der Waals surface area (Å²) in [6, 6.07) is 0. The van der Waals surface area contributed by atoms with Crippen molar-refractivity contribution in [1.82, 2.24) is 18.7 Å². The molecule has 0 saturated carbocycles. The summed E-state index contributed by atoms with van der Waals surface area (Å²) < 4.78 is 4.34. The Bertz CT molecular complexity index is 739. The fraction of sp³-hybridized carbons (Fsp3) is 0.583. The monoisotopic (exact) mass is 280 g/mol. The summed E-state index contributed by atoms with van der Waals surface area (Å²) in [4.78, 5) is 28.5. The van der Waals surface area contributed by atoms with Gasteiger partial charge in [-0.3, -0.25) is 18.5 Å². The first-order chi connectivity index (χ1) is 9.52. The van der Waals surface area contributed by atoms with E-state index in [0.29, 0.717) is 36.7 Å². The van der Waals surface area contributed by atoms with Crippen molar-refractivity contribution in [2.45, 2.75) is 19.9 Å². The molecule has 0 fully saturated rings. The number of hydrogen-bond acceptors (Lipinski definition) is 5. The standard InChI is InChI=1S/C12H20N6O2/c1-4-18-9-8(15-11(18)14-7-5-6-13)10(19)17(3)12(20)16(9)2/h4-7,13H2,1-3H3,(H,14,15). The molecule has 2 aromatic rings. The molecule has 110 valence electrons. The van der Waals surface area contributed by atoms with E-state index >= 15 is 0 Å². The lowest BCUT2D eigenvalue weighted by Crippen LogP contribution is -2.37. The van der Waals surface area contributed by atoms with Crippen molar-refractivity contribution in [3.8, 4) is 0 Å². The fourth-order valence-corrected chi connectivity index (χ4v) is 2.23. The van der Waals surface area contributed by atoms with Crippen molar-refractivity contribution in [3.05, 3.63) is 20.8 Å². The van der Waals surface area contributed by atoms with Crippen molar-refractivity contribution < 1.29 is 0 Å². The number of hydrogen-bond donors (Lipinski definition) is 2. The van der Waals surface area contributed by atoms with Gasteiger partial charge in [-0.2, -0.15) is 0 Å². The van der Waals surface area contributed by atoms with E-state index < -0.39 is 0 Å². The van der Waals surface area contributed by atoms with Crippen LogP contribution in [0.1, 0.15) is 13.3 Å². The van der Waals surface area contributed by atoms with Crippen LogP contribution in [0.5, 0.6) is 0 Å². The van der Waals surface area contributed by atoms with E-state index in [-0.39, 0.29) is 11.2 Å². The highest BCUT2D eigenvalue weighted by Gasteiger charge is 2.17. The van der Waals surface area contributed by atoms with E-state index in [1.165, 1.54) is 11.6 Å². The molecule has 0 atom stereocenters. The summed E-state index contributed by atoms with van der Waals surface area (Å²) in [6.07, 6.45) is 0.809. The second-order valence-electron chi connectivity index (χ2n) is 4.63. The molecule has 0 spiro atoms. The molecule has 0 aliphatic rings. The third-order valence-corrected chi connectivity index (χ3v) is 3.32. The fourth-order valence-electron chi connectivity index (χ4n) is 2.23. The number of aromatic nitrogens is 4. The molecule has 3 N–H and O–H groups in total. The summed E-state index contributed by atoms with van der Waals surface area (Å²) in [5, 5.41) is 3.16. The second-order valence-corrected chi connectivity index (χ2v) is 4.63. The molecule has 20 heavy (non-hydrogen) atoms.